The van der Waals surface area contributed by atoms with Gasteiger partial charge in [-0.3, -0.25) is 4.79 Å². The van der Waals surface area contributed by atoms with Gasteiger partial charge in [0.1, 0.15) is 11.5 Å². The van der Waals surface area contributed by atoms with E-state index < -0.39 is 5.91 Å². The predicted molar refractivity (Wildman–Crippen MR) is 67.9 cm³/mol. The van der Waals surface area contributed by atoms with Crippen LogP contribution in [0.15, 0.2) is 30.9 Å². The van der Waals surface area contributed by atoms with Gasteiger partial charge in [0.2, 0.25) is 0 Å². The van der Waals surface area contributed by atoms with E-state index in [1.54, 1.807) is 18.6 Å². The van der Waals surface area contributed by atoms with Crippen molar-refractivity contribution < 1.29 is 4.79 Å². The van der Waals surface area contributed by atoms with Crippen LogP contribution in [0.2, 0.25) is 0 Å². The van der Waals surface area contributed by atoms with Crippen LogP contribution < -0.4 is 16.8 Å². The van der Waals surface area contributed by atoms with Gasteiger partial charge in [-0.1, -0.05) is 0 Å². The topological polar surface area (TPSA) is 112 Å². The van der Waals surface area contributed by atoms with Crippen LogP contribution in [0.1, 0.15) is 10.5 Å². The molecule has 0 aliphatic carbocycles. The molecular weight excluding hydrogens is 232 g/mol. The van der Waals surface area contributed by atoms with Crippen LogP contribution in [-0.2, 0) is 6.54 Å². The van der Waals surface area contributed by atoms with Crippen LogP contribution in [-0.4, -0.2) is 27.0 Å². The van der Waals surface area contributed by atoms with E-state index in [2.05, 4.69) is 15.3 Å². The lowest BCUT2D eigenvalue weighted by atomic mass is 10.3. The second-order valence-corrected chi connectivity index (χ2v) is 3.73. The third kappa shape index (κ3) is 2.76. The molecule has 5 N–H and O–H groups in total. The van der Waals surface area contributed by atoms with Gasteiger partial charge in [-0.15, -0.1) is 0 Å². The normalized spacial score (nSPS) is 10.2. The number of primary amides is 1. The van der Waals surface area contributed by atoms with E-state index in [-0.39, 0.29) is 5.69 Å². The standard InChI is InChI=1S/C11H14N6O/c12-8-1-2-9(10(13)18)16-11(8)15-4-6-17-5-3-14-7-17/h1-3,5,7H,4,6,12H2,(H2,13,18)(H,15,16). The first-order valence-electron chi connectivity index (χ1n) is 5.43. The Hall–Kier alpha value is -2.57. The minimum absolute atomic E-state index is 0.189. The summed E-state index contributed by atoms with van der Waals surface area (Å²) in [4.78, 5) is 19.0. The first-order chi connectivity index (χ1) is 8.66. The molecule has 2 aromatic heterocycles. The van der Waals surface area contributed by atoms with Crippen molar-refractivity contribution in [1.29, 1.82) is 0 Å². The monoisotopic (exact) mass is 246 g/mol. The maximum Gasteiger partial charge on any atom is 0.267 e. The predicted octanol–water partition coefficient (Wildman–Crippen LogP) is 0.0713. The van der Waals surface area contributed by atoms with Crippen LogP contribution in [0.5, 0.6) is 0 Å². The molecule has 2 heterocycles. The Morgan fingerprint density at radius 2 is 2.28 bits per heavy atom. The fourth-order valence-corrected chi connectivity index (χ4v) is 1.47. The molecule has 0 unspecified atom stereocenters. The van der Waals surface area contributed by atoms with E-state index in [0.717, 1.165) is 6.54 Å². The van der Waals surface area contributed by atoms with Gasteiger partial charge in [0.15, 0.2) is 0 Å². The molecule has 0 aliphatic rings. The summed E-state index contributed by atoms with van der Waals surface area (Å²) < 4.78 is 1.92. The van der Waals surface area contributed by atoms with Crippen LogP contribution in [0.4, 0.5) is 11.5 Å². The zero-order valence-electron chi connectivity index (χ0n) is 9.71. The van der Waals surface area contributed by atoms with Crippen molar-refractivity contribution in [2.24, 2.45) is 5.73 Å². The maximum absolute atomic E-state index is 11.0. The van der Waals surface area contributed by atoms with Crippen molar-refractivity contribution in [2.45, 2.75) is 6.54 Å². The van der Waals surface area contributed by atoms with E-state index >= 15 is 0 Å². The second-order valence-electron chi connectivity index (χ2n) is 3.73. The number of hydrogen-bond donors (Lipinski definition) is 3. The molecule has 94 valence electrons. The maximum atomic E-state index is 11.0. The smallest absolute Gasteiger partial charge is 0.267 e. The molecule has 1 amide bonds. The van der Waals surface area contributed by atoms with Crippen molar-refractivity contribution in [2.75, 3.05) is 17.6 Å². The van der Waals surface area contributed by atoms with Crippen molar-refractivity contribution in [3.05, 3.63) is 36.5 Å². The lowest BCUT2D eigenvalue weighted by Gasteiger charge is -2.09. The van der Waals surface area contributed by atoms with Crippen LogP contribution in [0.25, 0.3) is 0 Å². The highest BCUT2D eigenvalue weighted by Crippen LogP contribution is 2.15. The minimum atomic E-state index is -0.576. The summed E-state index contributed by atoms with van der Waals surface area (Å²) in [6, 6.07) is 3.10. The summed E-state index contributed by atoms with van der Waals surface area (Å²) in [5, 5.41) is 3.05. The molecular formula is C11H14N6O. The number of hydrogen-bond acceptors (Lipinski definition) is 5. The number of imidazole rings is 1. The zero-order chi connectivity index (χ0) is 13.0. The van der Waals surface area contributed by atoms with E-state index in [4.69, 9.17) is 11.5 Å². The second kappa shape index (κ2) is 5.17. The van der Waals surface area contributed by atoms with E-state index in [0.29, 0.717) is 18.1 Å². The zero-order valence-corrected chi connectivity index (χ0v) is 9.71. The molecule has 0 spiro atoms. The lowest BCUT2D eigenvalue weighted by molar-refractivity contribution is 0.0996. The van der Waals surface area contributed by atoms with Gasteiger partial charge in [-0.05, 0) is 12.1 Å². The summed E-state index contributed by atoms with van der Waals surface area (Å²) >= 11 is 0. The number of amides is 1. The van der Waals surface area contributed by atoms with Crippen molar-refractivity contribution >= 4 is 17.4 Å². The fraction of sp³-hybridized carbons (Fsp3) is 0.182. The molecule has 7 nitrogen and oxygen atoms in total. The largest absolute Gasteiger partial charge is 0.396 e. The van der Waals surface area contributed by atoms with Crippen molar-refractivity contribution in [3.63, 3.8) is 0 Å². The first-order valence-corrected chi connectivity index (χ1v) is 5.43. The van der Waals surface area contributed by atoms with Crippen LogP contribution >= 0.6 is 0 Å². The highest BCUT2D eigenvalue weighted by Gasteiger charge is 2.06. The van der Waals surface area contributed by atoms with Crippen molar-refractivity contribution in [1.82, 2.24) is 14.5 Å². The third-order valence-corrected chi connectivity index (χ3v) is 2.40. The van der Waals surface area contributed by atoms with Crippen LogP contribution in [0, 0.1) is 0 Å². The molecule has 0 aromatic carbocycles. The number of anilines is 2. The van der Waals surface area contributed by atoms with Crippen molar-refractivity contribution in [3.8, 4) is 0 Å². The lowest BCUT2D eigenvalue weighted by Crippen LogP contribution is -2.16. The molecule has 0 atom stereocenters. The quantitative estimate of drug-likeness (QED) is 0.691. The number of nitrogens with two attached hydrogens (primary N) is 2. The average Bonchev–Trinajstić information content (AvgIpc) is 2.84. The number of carbonyl (C=O) groups is 1. The molecule has 0 fully saturated rings. The number of rotatable bonds is 5. The van der Waals surface area contributed by atoms with Gasteiger partial charge in [0.25, 0.3) is 5.91 Å². The van der Waals surface area contributed by atoms with E-state index in [1.807, 2.05) is 10.8 Å². The number of nitrogens with one attached hydrogen (secondary N) is 1. The van der Waals surface area contributed by atoms with Gasteiger partial charge in [-0.2, -0.15) is 0 Å². The Balaban J connectivity index is 2.00. The molecule has 18 heavy (non-hydrogen) atoms. The number of pyridine rings is 1. The Morgan fingerprint density at radius 1 is 1.44 bits per heavy atom. The Labute approximate surface area is 104 Å². The molecule has 0 bridgehead atoms. The van der Waals surface area contributed by atoms with Gasteiger partial charge in [0.05, 0.1) is 12.0 Å². The van der Waals surface area contributed by atoms with E-state index in [1.165, 1.54) is 6.07 Å². The summed E-state index contributed by atoms with van der Waals surface area (Å²) in [5.41, 5.74) is 11.6. The molecule has 0 radical (unpaired) electrons. The molecule has 0 saturated heterocycles. The highest BCUT2D eigenvalue weighted by atomic mass is 16.1. The first kappa shape index (κ1) is 11.9. The van der Waals surface area contributed by atoms with Gasteiger partial charge in [0, 0.05) is 25.5 Å². The Kier molecular flexibility index (Phi) is 3.42. The van der Waals surface area contributed by atoms with Gasteiger partial charge in [-0.25, -0.2) is 9.97 Å². The van der Waals surface area contributed by atoms with E-state index in [9.17, 15) is 4.79 Å². The SMILES string of the molecule is NC(=O)c1ccc(N)c(NCCn2ccnc2)n1. The fourth-order valence-electron chi connectivity index (χ4n) is 1.47. The Bertz CT molecular complexity index is 536. The number of carbonyl (C=O) groups excluding carboxylic acids is 1. The van der Waals surface area contributed by atoms with Gasteiger partial charge < -0.3 is 21.4 Å². The summed E-state index contributed by atoms with van der Waals surface area (Å²) in [5.74, 6) is -0.112. The van der Waals surface area contributed by atoms with Gasteiger partial charge >= 0.3 is 0 Å². The molecule has 7 heteroatoms. The Morgan fingerprint density at radius 3 is 2.94 bits per heavy atom. The number of nitrogen functional groups attached to an aromatic ring is 1. The molecule has 2 aromatic rings. The average molecular weight is 246 g/mol. The number of aromatic nitrogens is 3. The number of nitrogens with zero attached hydrogens (tertiary/aromatic N) is 3. The summed E-state index contributed by atoms with van der Waals surface area (Å²) in [6.45, 7) is 1.34. The molecule has 2 rings (SSSR count). The third-order valence-electron chi connectivity index (χ3n) is 2.40. The van der Waals surface area contributed by atoms with Crippen LogP contribution in [0.3, 0.4) is 0 Å². The highest BCUT2D eigenvalue weighted by molar-refractivity contribution is 5.91. The molecule has 0 aliphatic heterocycles. The minimum Gasteiger partial charge on any atom is -0.396 e. The molecule has 0 saturated carbocycles. The summed E-state index contributed by atoms with van der Waals surface area (Å²) in [7, 11) is 0. The summed E-state index contributed by atoms with van der Waals surface area (Å²) in [6.07, 6.45) is 5.29.